The molecule has 0 heterocycles. The lowest BCUT2D eigenvalue weighted by atomic mass is 10.2. The van der Waals surface area contributed by atoms with Gasteiger partial charge < -0.3 is 5.32 Å². The van der Waals surface area contributed by atoms with Crippen LogP contribution in [0.15, 0.2) is 64.4 Å². The van der Waals surface area contributed by atoms with Gasteiger partial charge in [-0.1, -0.05) is 53.6 Å². The highest BCUT2D eigenvalue weighted by molar-refractivity contribution is 8.76. The van der Waals surface area contributed by atoms with Crippen molar-refractivity contribution in [3.63, 3.8) is 0 Å². The van der Waals surface area contributed by atoms with Gasteiger partial charge in [-0.05, 0) is 36.4 Å². The first-order chi connectivity index (χ1) is 9.65. The Morgan fingerprint density at radius 1 is 0.900 bits per heavy atom. The fraction of sp³-hybridized carbons (Fsp3) is 0.188. The van der Waals surface area contributed by atoms with Crippen molar-refractivity contribution in [3.05, 3.63) is 54.6 Å². The maximum absolute atomic E-state index is 11.6. The summed E-state index contributed by atoms with van der Waals surface area (Å²) in [5.41, 5.74) is 0.845. The largest absolute Gasteiger partial charge is 0.326 e. The molecule has 0 radical (unpaired) electrons. The number of carbonyl (C=O) groups is 1. The lowest BCUT2D eigenvalue weighted by molar-refractivity contribution is -0.118. The van der Waals surface area contributed by atoms with Gasteiger partial charge in [-0.25, -0.2) is 0 Å². The van der Waals surface area contributed by atoms with Crippen LogP contribution in [0.5, 0.6) is 0 Å². The summed E-state index contributed by atoms with van der Waals surface area (Å²) >= 11 is 0. The molecule has 4 heteroatoms. The summed E-state index contributed by atoms with van der Waals surface area (Å²) in [5, 5.41) is 2.89. The zero-order valence-corrected chi connectivity index (χ0v) is 13.1. The molecule has 0 unspecified atom stereocenters. The molecule has 0 aliphatic carbocycles. The fourth-order valence-electron chi connectivity index (χ4n) is 1.45. The Kier molecular flexibility index (Phi) is 5.56. The predicted molar refractivity (Wildman–Crippen MR) is 88.1 cm³/mol. The van der Waals surface area contributed by atoms with Gasteiger partial charge in [0, 0.05) is 21.4 Å². The van der Waals surface area contributed by atoms with Crippen molar-refractivity contribution in [1.29, 1.82) is 0 Å². The second kappa shape index (κ2) is 7.41. The highest BCUT2D eigenvalue weighted by Crippen LogP contribution is 2.37. The summed E-state index contributed by atoms with van der Waals surface area (Å²) in [6.07, 6.45) is 0. The van der Waals surface area contributed by atoms with Crippen LogP contribution < -0.4 is 5.32 Å². The van der Waals surface area contributed by atoms with Gasteiger partial charge in [-0.3, -0.25) is 4.79 Å². The van der Waals surface area contributed by atoms with Crippen LogP contribution in [0, 0.1) is 5.92 Å². The number of carbonyl (C=O) groups excluding carboxylic acids is 1. The summed E-state index contributed by atoms with van der Waals surface area (Å²) in [5.74, 6) is 0.0433. The molecule has 104 valence electrons. The molecule has 0 atom stereocenters. The molecule has 0 bridgehead atoms. The molecule has 0 saturated heterocycles. The van der Waals surface area contributed by atoms with Gasteiger partial charge in [0.2, 0.25) is 5.91 Å². The Labute approximate surface area is 127 Å². The Hall–Kier alpha value is -1.39. The Morgan fingerprint density at radius 3 is 2.00 bits per heavy atom. The number of amides is 1. The lowest BCUT2D eigenvalue weighted by Gasteiger charge is -2.08. The molecular formula is C16H17NOS2. The van der Waals surface area contributed by atoms with Crippen molar-refractivity contribution >= 4 is 33.2 Å². The summed E-state index contributed by atoms with van der Waals surface area (Å²) < 4.78 is 0. The third-order valence-corrected chi connectivity index (χ3v) is 5.04. The van der Waals surface area contributed by atoms with E-state index >= 15 is 0 Å². The molecule has 2 nitrogen and oxygen atoms in total. The molecule has 1 amide bonds. The van der Waals surface area contributed by atoms with E-state index in [9.17, 15) is 4.79 Å². The van der Waals surface area contributed by atoms with E-state index in [0.29, 0.717) is 0 Å². The van der Waals surface area contributed by atoms with Crippen molar-refractivity contribution < 1.29 is 4.79 Å². The molecular weight excluding hydrogens is 286 g/mol. The maximum atomic E-state index is 11.6. The Bertz CT molecular complexity index is 552. The van der Waals surface area contributed by atoms with Gasteiger partial charge >= 0.3 is 0 Å². The first-order valence-corrected chi connectivity index (χ1v) is 8.60. The summed E-state index contributed by atoms with van der Waals surface area (Å²) in [4.78, 5) is 14.0. The molecule has 0 spiro atoms. The molecule has 2 aromatic rings. The van der Waals surface area contributed by atoms with Crippen molar-refractivity contribution in [2.75, 3.05) is 5.32 Å². The van der Waals surface area contributed by atoms with E-state index < -0.39 is 0 Å². The van der Waals surface area contributed by atoms with Crippen LogP contribution in [0.3, 0.4) is 0 Å². The van der Waals surface area contributed by atoms with Crippen molar-refractivity contribution in [3.8, 4) is 0 Å². The number of benzene rings is 2. The number of anilines is 1. The van der Waals surface area contributed by atoms with Crippen LogP contribution in [0.25, 0.3) is 0 Å². The molecule has 0 aromatic heterocycles. The zero-order valence-electron chi connectivity index (χ0n) is 11.5. The number of hydrogen-bond acceptors (Lipinski definition) is 3. The smallest absolute Gasteiger partial charge is 0.226 e. The topological polar surface area (TPSA) is 29.1 Å². The quantitative estimate of drug-likeness (QED) is 0.781. The third kappa shape index (κ3) is 4.62. The zero-order chi connectivity index (χ0) is 14.4. The van der Waals surface area contributed by atoms with Crippen molar-refractivity contribution in [2.45, 2.75) is 23.6 Å². The normalized spacial score (nSPS) is 10.6. The van der Waals surface area contributed by atoms with Crippen LogP contribution in [0.2, 0.25) is 0 Å². The van der Waals surface area contributed by atoms with E-state index in [0.717, 1.165) is 5.69 Å². The number of rotatable bonds is 5. The van der Waals surface area contributed by atoms with E-state index in [1.807, 2.05) is 56.3 Å². The van der Waals surface area contributed by atoms with Gasteiger partial charge in [0.25, 0.3) is 0 Å². The van der Waals surface area contributed by atoms with E-state index in [1.165, 1.54) is 9.79 Å². The minimum Gasteiger partial charge on any atom is -0.326 e. The molecule has 1 N–H and O–H groups in total. The molecule has 0 saturated carbocycles. The van der Waals surface area contributed by atoms with Crippen LogP contribution in [-0.4, -0.2) is 5.91 Å². The first kappa shape index (κ1) is 15.0. The second-order valence-corrected chi connectivity index (χ2v) is 6.92. The Balaban J connectivity index is 1.90. The van der Waals surface area contributed by atoms with E-state index in [1.54, 1.807) is 21.6 Å². The predicted octanol–water partition coefficient (Wildman–Crippen LogP) is 5.08. The number of nitrogens with one attached hydrogen (secondary N) is 1. The molecule has 0 aliphatic heterocycles. The van der Waals surface area contributed by atoms with Gasteiger partial charge in [-0.15, -0.1) is 0 Å². The summed E-state index contributed by atoms with van der Waals surface area (Å²) in [6, 6.07) is 18.2. The van der Waals surface area contributed by atoms with E-state index in [2.05, 4.69) is 17.4 Å². The maximum Gasteiger partial charge on any atom is 0.226 e. The average Bonchev–Trinajstić information content (AvgIpc) is 2.47. The molecule has 2 aromatic carbocycles. The Morgan fingerprint density at radius 2 is 1.45 bits per heavy atom. The third-order valence-electron chi connectivity index (χ3n) is 2.62. The van der Waals surface area contributed by atoms with Crippen LogP contribution >= 0.6 is 21.6 Å². The van der Waals surface area contributed by atoms with Gasteiger partial charge in [-0.2, -0.15) is 0 Å². The minimum absolute atomic E-state index is 0.00214. The highest BCUT2D eigenvalue weighted by atomic mass is 33.1. The standard InChI is InChI=1S/C16H17NOS2/c1-12(2)16(18)17-13-8-10-15(11-9-13)20-19-14-6-4-3-5-7-14/h3-12H,1-2H3,(H,17,18). The molecule has 0 aliphatic rings. The van der Waals surface area contributed by atoms with Crippen molar-refractivity contribution in [1.82, 2.24) is 0 Å². The lowest BCUT2D eigenvalue weighted by Crippen LogP contribution is -2.17. The fourth-order valence-corrected chi connectivity index (χ4v) is 3.40. The molecule has 2 rings (SSSR count). The highest BCUT2D eigenvalue weighted by Gasteiger charge is 2.06. The molecule has 0 fully saturated rings. The van der Waals surface area contributed by atoms with Crippen molar-refractivity contribution in [2.24, 2.45) is 5.92 Å². The van der Waals surface area contributed by atoms with Crippen LogP contribution in [0.1, 0.15) is 13.8 Å². The SMILES string of the molecule is CC(C)C(=O)Nc1ccc(SSc2ccccc2)cc1. The van der Waals surface area contributed by atoms with Crippen LogP contribution in [0.4, 0.5) is 5.69 Å². The van der Waals surface area contributed by atoms with Gasteiger partial charge in [0.05, 0.1) is 0 Å². The van der Waals surface area contributed by atoms with Crippen LogP contribution in [-0.2, 0) is 4.79 Å². The molecule has 20 heavy (non-hydrogen) atoms. The monoisotopic (exact) mass is 303 g/mol. The van der Waals surface area contributed by atoms with E-state index in [-0.39, 0.29) is 11.8 Å². The summed E-state index contributed by atoms with van der Waals surface area (Å²) in [6.45, 7) is 3.77. The minimum atomic E-state index is -0.00214. The summed E-state index contributed by atoms with van der Waals surface area (Å²) in [7, 11) is 3.44. The van der Waals surface area contributed by atoms with E-state index in [4.69, 9.17) is 0 Å². The first-order valence-electron chi connectivity index (χ1n) is 6.45. The average molecular weight is 303 g/mol. The second-order valence-electron chi connectivity index (χ2n) is 4.65. The van der Waals surface area contributed by atoms with Gasteiger partial charge in [0.15, 0.2) is 0 Å². The number of hydrogen-bond donors (Lipinski definition) is 1. The van der Waals surface area contributed by atoms with Gasteiger partial charge in [0.1, 0.15) is 0 Å².